The number of hydrogen-bond donors (Lipinski definition) is 2. The minimum absolute atomic E-state index is 0. The van der Waals surface area contributed by atoms with Gasteiger partial charge in [0.15, 0.2) is 0 Å². The van der Waals surface area contributed by atoms with Crippen LogP contribution in [0.1, 0.15) is 64.7 Å². The second-order valence-electron chi connectivity index (χ2n) is 8.54. The van der Waals surface area contributed by atoms with Crippen molar-refractivity contribution in [1.29, 1.82) is 0 Å². The van der Waals surface area contributed by atoms with Crippen molar-refractivity contribution in [3.8, 4) is 0 Å². The molecule has 0 spiro atoms. The zero-order valence-electron chi connectivity index (χ0n) is 14.0. The average molecular weight is 732 g/mol. The van der Waals surface area contributed by atoms with Gasteiger partial charge in [-0.15, -0.1) is 0 Å². The molecule has 2 radical (unpaired) electrons. The minimum atomic E-state index is -0.0423. The molecule has 0 bridgehead atoms. The largest absolute Gasteiger partial charge is 0.393 e. The van der Waals surface area contributed by atoms with Gasteiger partial charge >= 0.3 is 0 Å². The summed E-state index contributed by atoms with van der Waals surface area (Å²) in [5, 5.41) is 20.3. The van der Waals surface area contributed by atoms with Crippen LogP contribution in [0.4, 0.5) is 0 Å². The molecule has 4 fully saturated rings. The Hall–Kier alpha value is 2.80. The first-order valence-electron chi connectivity index (χ1n) is 8.95. The Bertz CT molecular complexity index is 391. The zero-order chi connectivity index (χ0) is 13.9. The van der Waals surface area contributed by atoms with E-state index in [-0.39, 0.29) is 106 Å². The summed E-state index contributed by atoms with van der Waals surface area (Å²) in [6.45, 7) is 2.36. The first kappa shape index (κ1) is 21.1. The van der Waals surface area contributed by atoms with Crippen LogP contribution in [-0.4, -0.2) is 22.4 Å². The number of hydrogen-bond acceptors (Lipinski definition) is 2. The molecule has 0 aromatic rings. The molecule has 0 saturated heterocycles. The van der Waals surface area contributed by atoms with E-state index in [1.807, 2.05) is 0 Å². The Morgan fingerprint density at radius 3 is 2.27 bits per heavy atom. The summed E-state index contributed by atoms with van der Waals surface area (Å²) in [4.78, 5) is 0. The maximum absolute atomic E-state index is 10.4. The maximum atomic E-state index is 10.4. The fourth-order valence-corrected chi connectivity index (χ4v) is 6.80. The molecule has 4 aliphatic rings. The van der Waals surface area contributed by atoms with E-state index in [1.165, 1.54) is 38.5 Å². The Kier molecular flexibility index (Phi) is 7.89. The number of aliphatic hydroxyl groups is 2. The predicted octanol–water partition coefficient (Wildman–Crippen LogP) is 3.36. The summed E-state index contributed by atoms with van der Waals surface area (Å²) in [6.07, 6.45) is 10.9. The van der Waals surface area contributed by atoms with Crippen molar-refractivity contribution in [3.05, 3.63) is 0 Å². The molecule has 8 atom stereocenters. The number of aliphatic hydroxyl groups excluding tert-OH is 2. The van der Waals surface area contributed by atoms with Gasteiger partial charge in [-0.05, 0) is 92.8 Å². The standard InChI is InChI=1S/C18H30O2.2Ac/c1-18-9-8-14-13-5-3-12(19)10-11(13)2-4-15(14)16(18)6-7-17(18)20;;/h11-17,19-20H,2-10H2,1H3;;/t11?,12?,13?,14?,15?,16?,17-,18-;;/m0../s1. The van der Waals surface area contributed by atoms with Gasteiger partial charge in [-0.1, -0.05) is 6.92 Å². The van der Waals surface area contributed by atoms with E-state index in [9.17, 15) is 10.2 Å². The summed E-state index contributed by atoms with van der Waals surface area (Å²) in [6, 6.07) is 0. The second-order valence-corrected chi connectivity index (χ2v) is 8.54. The fraction of sp³-hybridized carbons (Fsp3) is 1.00. The molecule has 2 nitrogen and oxygen atoms in total. The molecular formula is C18H30Ac2O2. The third-order valence-corrected chi connectivity index (χ3v) is 7.88. The summed E-state index contributed by atoms with van der Waals surface area (Å²) in [7, 11) is 0. The third-order valence-electron chi connectivity index (χ3n) is 7.88. The molecule has 0 aromatic carbocycles. The molecule has 0 amide bonds. The number of fused-ring (bicyclic) bond motifs is 5. The van der Waals surface area contributed by atoms with Gasteiger partial charge in [0.2, 0.25) is 0 Å². The van der Waals surface area contributed by atoms with E-state index in [0.717, 1.165) is 48.9 Å². The van der Waals surface area contributed by atoms with Crippen LogP contribution in [0.3, 0.4) is 0 Å². The minimum Gasteiger partial charge on any atom is -0.393 e. The molecule has 4 aliphatic carbocycles. The van der Waals surface area contributed by atoms with E-state index in [0.29, 0.717) is 0 Å². The van der Waals surface area contributed by atoms with Crippen molar-refractivity contribution >= 4 is 0 Å². The van der Waals surface area contributed by atoms with Crippen molar-refractivity contribution in [2.75, 3.05) is 0 Å². The summed E-state index contributed by atoms with van der Waals surface area (Å²) in [5.74, 6) is 4.26. The Labute approximate surface area is 207 Å². The monoisotopic (exact) mass is 732 g/mol. The summed E-state index contributed by atoms with van der Waals surface area (Å²) in [5.41, 5.74) is 0.224. The van der Waals surface area contributed by atoms with Gasteiger partial charge in [0.25, 0.3) is 0 Å². The quantitative estimate of drug-likeness (QED) is 0.402. The predicted molar refractivity (Wildman–Crippen MR) is 79.1 cm³/mol. The first-order chi connectivity index (χ1) is 9.59. The molecule has 0 aromatic heterocycles. The van der Waals surface area contributed by atoms with Gasteiger partial charge in [-0.2, -0.15) is 0 Å². The number of rotatable bonds is 0. The van der Waals surface area contributed by atoms with E-state index in [1.54, 1.807) is 0 Å². The van der Waals surface area contributed by atoms with E-state index >= 15 is 0 Å². The molecule has 0 heterocycles. The van der Waals surface area contributed by atoms with Crippen molar-refractivity contribution in [3.63, 3.8) is 0 Å². The van der Waals surface area contributed by atoms with Crippen LogP contribution in [0, 0.1) is 123 Å². The van der Waals surface area contributed by atoms with Gasteiger partial charge in [-0.25, -0.2) is 0 Å². The SMILES string of the molecule is C[C@]12CCC3C4CCC(O)CC4CCC3C1CC[C@@H]2O.[Ac].[Ac]. The van der Waals surface area contributed by atoms with Crippen LogP contribution in [0.2, 0.25) is 0 Å². The maximum Gasteiger partial charge on any atom is 0.0596 e. The molecule has 4 saturated carbocycles. The van der Waals surface area contributed by atoms with Gasteiger partial charge in [-0.3, -0.25) is 0 Å². The van der Waals surface area contributed by atoms with Gasteiger partial charge in [0, 0.05) is 88.1 Å². The van der Waals surface area contributed by atoms with Crippen molar-refractivity contribution in [1.82, 2.24) is 0 Å². The van der Waals surface area contributed by atoms with E-state index in [2.05, 4.69) is 6.92 Å². The van der Waals surface area contributed by atoms with Gasteiger partial charge < -0.3 is 10.2 Å². The van der Waals surface area contributed by atoms with Crippen LogP contribution in [0.5, 0.6) is 0 Å². The van der Waals surface area contributed by atoms with Crippen molar-refractivity contribution < 1.29 is 98.3 Å². The summed E-state index contributed by atoms with van der Waals surface area (Å²) < 4.78 is 0. The normalized spacial score (nSPS) is 53.3. The van der Waals surface area contributed by atoms with Crippen LogP contribution < -0.4 is 0 Å². The van der Waals surface area contributed by atoms with Crippen LogP contribution in [0.15, 0.2) is 0 Å². The molecule has 22 heavy (non-hydrogen) atoms. The zero-order valence-corrected chi connectivity index (χ0v) is 23.4. The smallest absolute Gasteiger partial charge is 0.0596 e. The molecule has 2 N–H and O–H groups in total. The van der Waals surface area contributed by atoms with Gasteiger partial charge in [0.1, 0.15) is 0 Å². The van der Waals surface area contributed by atoms with Crippen molar-refractivity contribution in [2.24, 2.45) is 35.0 Å². The molecular weight excluding hydrogens is 702 g/mol. The molecule has 4 rings (SSSR count). The Balaban J connectivity index is 0.000000882. The van der Waals surface area contributed by atoms with Crippen LogP contribution >= 0.6 is 0 Å². The Morgan fingerprint density at radius 2 is 1.50 bits per heavy atom. The van der Waals surface area contributed by atoms with Crippen molar-refractivity contribution in [2.45, 2.75) is 76.9 Å². The van der Waals surface area contributed by atoms with E-state index in [4.69, 9.17) is 0 Å². The van der Waals surface area contributed by atoms with Gasteiger partial charge in [0.05, 0.1) is 12.2 Å². The topological polar surface area (TPSA) is 40.5 Å². The third kappa shape index (κ3) is 3.48. The molecule has 120 valence electrons. The first-order valence-corrected chi connectivity index (χ1v) is 8.95. The fourth-order valence-electron chi connectivity index (χ4n) is 6.80. The van der Waals surface area contributed by atoms with E-state index < -0.39 is 0 Å². The molecule has 4 heteroatoms. The average Bonchev–Trinajstić information content (AvgIpc) is 2.74. The summed E-state index contributed by atoms with van der Waals surface area (Å²) >= 11 is 0. The molecule has 0 aliphatic heterocycles. The van der Waals surface area contributed by atoms with Crippen LogP contribution in [-0.2, 0) is 0 Å². The Morgan fingerprint density at radius 1 is 0.773 bits per heavy atom. The molecule has 6 unspecified atom stereocenters. The van der Waals surface area contributed by atoms with Crippen LogP contribution in [0.25, 0.3) is 0 Å². The second kappa shape index (κ2) is 8.22.